The van der Waals surface area contributed by atoms with Gasteiger partial charge in [0.15, 0.2) is 0 Å². The van der Waals surface area contributed by atoms with Crippen molar-refractivity contribution in [3.63, 3.8) is 0 Å². The summed E-state index contributed by atoms with van der Waals surface area (Å²) in [6.45, 7) is 8.18. The summed E-state index contributed by atoms with van der Waals surface area (Å²) >= 11 is 0. The normalized spacial score (nSPS) is 13.4. The molecule has 8 nitrogen and oxygen atoms in total. The quantitative estimate of drug-likeness (QED) is 0.405. The Morgan fingerprint density at radius 3 is 2.67 bits per heavy atom. The number of carbonyl (C=O) groups is 1. The fourth-order valence-electron chi connectivity index (χ4n) is 3.71. The first-order chi connectivity index (χ1) is 15.7. The van der Waals surface area contributed by atoms with E-state index >= 15 is 0 Å². The average molecular weight is 452 g/mol. The second kappa shape index (κ2) is 10.2. The maximum atomic E-state index is 13.1. The number of ether oxygens (including phenoxy) is 1. The van der Waals surface area contributed by atoms with Crippen LogP contribution in [0.5, 0.6) is 0 Å². The van der Waals surface area contributed by atoms with Gasteiger partial charge in [0.1, 0.15) is 23.5 Å². The number of rotatable bonds is 8. The molecule has 33 heavy (non-hydrogen) atoms. The minimum absolute atomic E-state index is 0.0419. The van der Waals surface area contributed by atoms with Crippen LogP contribution in [-0.4, -0.2) is 34.3 Å². The molecule has 0 saturated carbocycles. The van der Waals surface area contributed by atoms with Crippen molar-refractivity contribution in [2.24, 2.45) is 0 Å². The number of nitrogens with one attached hydrogen (secondary N) is 1. The molecule has 1 N–H and O–H groups in total. The molecule has 2 aromatic heterocycles. The summed E-state index contributed by atoms with van der Waals surface area (Å²) in [5.74, 6) is -0.472. The molecule has 0 spiro atoms. The van der Waals surface area contributed by atoms with E-state index in [0.717, 1.165) is 17.0 Å². The molecule has 2 unspecified atom stereocenters. The van der Waals surface area contributed by atoms with Crippen molar-refractivity contribution in [3.8, 4) is 17.5 Å². The Balaban J connectivity index is 1.76. The highest BCUT2D eigenvalue weighted by molar-refractivity contribution is 6.02. The van der Waals surface area contributed by atoms with Gasteiger partial charge in [-0.1, -0.05) is 5.16 Å². The molecule has 1 aromatic carbocycles. The number of benzene rings is 1. The van der Waals surface area contributed by atoms with Gasteiger partial charge < -0.3 is 19.1 Å². The van der Waals surface area contributed by atoms with Crippen molar-refractivity contribution in [2.45, 2.75) is 39.8 Å². The summed E-state index contributed by atoms with van der Waals surface area (Å²) < 4.78 is 25.7. The number of amides is 1. The van der Waals surface area contributed by atoms with Crippen molar-refractivity contribution < 1.29 is 18.4 Å². The predicted octanol–water partition coefficient (Wildman–Crippen LogP) is 4.29. The number of aryl methyl sites for hydroxylation is 1. The molecule has 3 rings (SSSR count). The minimum atomic E-state index is -0.634. The van der Waals surface area contributed by atoms with Gasteiger partial charge in [-0.15, -0.1) is 0 Å². The third-order valence-corrected chi connectivity index (χ3v) is 5.30. The fraction of sp³-hybridized carbons (Fsp3) is 0.333. The third-order valence-electron chi connectivity index (χ3n) is 5.30. The molecule has 0 saturated heterocycles. The number of nitrogens with zero attached hydrogens (tertiary/aromatic N) is 4. The molecule has 0 aliphatic carbocycles. The molecule has 0 aliphatic heterocycles. The van der Waals surface area contributed by atoms with Crippen molar-refractivity contribution in [2.75, 3.05) is 13.7 Å². The standard InChI is InChI=1S/C24H26FN5O3/c1-14-10-19(17(4)30(14)15(2)13-32-5)11-20(12-26)23(31)27-16(3)24-28-22(29-33-24)18-6-8-21(25)9-7-18/h6-11,15-16H,13H2,1-5H3,(H,27,31)/b20-11-. The molecule has 2 atom stereocenters. The van der Waals surface area contributed by atoms with Gasteiger partial charge in [-0.3, -0.25) is 4.79 Å². The lowest BCUT2D eigenvalue weighted by molar-refractivity contribution is -0.117. The van der Waals surface area contributed by atoms with Crippen LogP contribution in [-0.2, 0) is 9.53 Å². The van der Waals surface area contributed by atoms with E-state index in [0.29, 0.717) is 12.2 Å². The smallest absolute Gasteiger partial charge is 0.262 e. The number of hydrogen-bond donors (Lipinski definition) is 1. The number of halogens is 1. The van der Waals surface area contributed by atoms with Crippen LogP contribution in [0.15, 0.2) is 40.4 Å². The molecule has 0 fully saturated rings. The van der Waals surface area contributed by atoms with Crippen LogP contribution in [0.1, 0.15) is 48.8 Å². The molecule has 0 bridgehead atoms. The summed E-state index contributed by atoms with van der Waals surface area (Å²) in [5.41, 5.74) is 3.27. The lowest BCUT2D eigenvalue weighted by atomic mass is 10.1. The third kappa shape index (κ3) is 5.35. The monoisotopic (exact) mass is 451 g/mol. The molecular formula is C24H26FN5O3. The Hall–Kier alpha value is -3.77. The van der Waals surface area contributed by atoms with Gasteiger partial charge in [-0.05, 0) is 69.7 Å². The van der Waals surface area contributed by atoms with Gasteiger partial charge in [-0.2, -0.15) is 10.2 Å². The zero-order chi connectivity index (χ0) is 24.1. The number of aromatic nitrogens is 3. The summed E-state index contributed by atoms with van der Waals surface area (Å²) in [4.78, 5) is 17.0. The first-order valence-electron chi connectivity index (χ1n) is 10.4. The molecule has 2 heterocycles. The Kier molecular flexibility index (Phi) is 7.41. The topological polar surface area (TPSA) is 106 Å². The van der Waals surface area contributed by atoms with E-state index in [9.17, 15) is 14.4 Å². The van der Waals surface area contributed by atoms with Crippen LogP contribution < -0.4 is 5.32 Å². The Morgan fingerprint density at radius 2 is 2.03 bits per heavy atom. The molecule has 3 aromatic rings. The largest absolute Gasteiger partial charge is 0.383 e. The van der Waals surface area contributed by atoms with Crippen LogP contribution in [0.2, 0.25) is 0 Å². The summed E-state index contributed by atoms with van der Waals surface area (Å²) in [7, 11) is 1.65. The lowest BCUT2D eigenvalue weighted by Gasteiger charge is -2.17. The number of nitriles is 1. The highest BCUT2D eigenvalue weighted by atomic mass is 19.1. The lowest BCUT2D eigenvalue weighted by Crippen LogP contribution is -2.27. The molecule has 1 amide bonds. The van der Waals surface area contributed by atoms with Gasteiger partial charge in [-0.25, -0.2) is 4.39 Å². The van der Waals surface area contributed by atoms with E-state index in [2.05, 4.69) is 20.0 Å². The van der Waals surface area contributed by atoms with Gasteiger partial charge in [0.05, 0.1) is 12.6 Å². The predicted molar refractivity (Wildman–Crippen MR) is 120 cm³/mol. The first kappa shape index (κ1) is 23.9. The van der Waals surface area contributed by atoms with Gasteiger partial charge in [0.2, 0.25) is 11.7 Å². The molecule has 172 valence electrons. The van der Waals surface area contributed by atoms with Crippen molar-refractivity contribution in [3.05, 3.63) is 64.6 Å². The van der Waals surface area contributed by atoms with Crippen LogP contribution in [0.3, 0.4) is 0 Å². The highest BCUT2D eigenvalue weighted by Gasteiger charge is 2.21. The van der Waals surface area contributed by atoms with E-state index in [1.165, 1.54) is 24.3 Å². The zero-order valence-corrected chi connectivity index (χ0v) is 19.2. The zero-order valence-electron chi connectivity index (χ0n) is 19.2. The van der Waals surface area contributed by atoms with Gasteiger partial charge in [0.25, 0.3) is 5.91 Å². The summed E-state index contributed by atoms with van der Waals surface area (Å²) in [6, 6.07) is 9.05. The van der Waals surface area contributed by atoms with Crippen LogP contribution >= 0.6 is 0 Å². The number of carbonyl (C=O) groups excluding carboxylic acids is 1. The molecule has 9 heteroatoms. The second-order valence-electron chi connectivity index (χ2n) is 7.83. The Morgan fingerprint density at radius 1 is 1.33 bits per heavy atom. The maximum absolute atomic E-state index is 13.1. The van der Waals surface area contributed by atoms with Crippen molar-refractivity contribution in [1.29, 1.82) is 5.26 Å². The van der Waals surface area contributed by atoms with Crippen molar-refractivity contribution in [1.82, 2.24) is 20.0 Å². The molecular weight excluding hydrogens is 425 g/mol. The summed E-state index contributed by atoms with van der Waals surface area (Å²) in [6.07, 6.45) is 1.57. The fourth-order valence-corrected chi connectivity index (χ4v) is 3.71. The van der Waals surface area contributed by atoms with E-state index in [1.54, 1.807) is 20.1 Å². The van der Waals surface area contributed by atoms with Crippen molar-refractivity contribution >= 4 is 12.0 Å². The van der Waals surface area contributed by atoms with Crippen LogP contribution in [0.25, 0.3) is 17.5 Å². The SMILES string of the molecule is COCC(C)n1c(C)cc(/C=C(/C#N)C(=O)NC(C)c2nc(-c3ccc(F)cc3)no2)c1C. The minimum Gasteiger partial charge on any atom is -0.383 e. The summed E-state index contributed by atoms with van der Waals surface area (Å²) in [5, 5.41) is 16.2. The van der Waals surface area contributed by atoms with Crippen LogP contribution in [0.4, 0.5) is 4.39 Å². The van der Waals surface area contributed by atoms with E-state index < -0.39 is 11.9 Å². The maximum Gasteiger partial charge on any atom is 0.262 e. The van der Waals surface area contributed by atoms with E-state index in [4.69, 9.17) is 9.26 Å². The molecule has 0 aliphatic rings. The Labute approximate surface area is 191 Å². The highest BCUT2D eigenvalue weighted by Crippen LogP contribution is 2.23. The molecule has 0 radical (unpaired) electrons. The average Bonchev–Trinajstić information content (AvgIpc) is 3.37. The van der Waals surface area contributed by atoms with Gasteiger partial charge in [0, 0.05) is 24.1 Å². The van der Waals surface area contributed by atoms with E-state index in [-0.39, 0.29) is 29.1 Å². The Bertz CT molecular complexity index is 1200. The van der Waals surface area contributed by atoms with Gasteiger partial charge >= 0.3 is 0 Å². The number of hydrogen-bond acceptors (Lipinski definition) is 6. The second-order valence-corrected chi connectivity index (χ2v) is 7.83. The van der Waals surface area contributed by atoms with Crippen LogP contribution in [0, 0.1) is 31.0 Å². The van der Waals surface area contributed by atoms with E-state index in [1.807, 2.05) is 32.9 Å². The number of methoxy groups -OCH3 is 1. The first-order valence-corrected chi connectivity index (χ1v) is 10.4.